The van der Waals surface area contributed by atoms with E-state index in [4.69, 9.17) is 11.6 Å². The van der Waals surface area contributed by atoms with Gasteiger partial charge in [-0.2, -0.15) is 13.2 Å². The number of alkyl halides is 4. The molecule has 1 heterocycles. The van der Waals surface area contributed by atoms with E-state index in [1.807, 2.05) is 0 Å². The van der Waals surface area contributed by atoms with Gasteiger partial charge in [-0.25, -0.2) is 0 Å². The fourth-order valence-electron chi connectivity index (χ4n) is 4.76. The lowest BCUT2D eigenvalue weighted by Gasteiger charge is -2.32. The topological polar surface area (TPSA) is 119 Å². The number of aromatic hydroxyl groups is 1. The van der Waals surface area contributed by atoms with Gasteiger partial charge in [0.1, 0.15) is 11.8 Å². The fraction of sp³-hybridized carbons (Fsp3) is 0.483. The molecule has 3 rings (SSSR count). The Hall–Kier alpha value is -3.31. The van der Waals surface area contributed by atoms with E-state index in [9.17, 15) is 37.8 Å². The lowest BCUT2D eigenvalue weighted by Crippen LogP contribution is -2.57. The summed E-state index contributed by atoms with van der Waals surface area (Å²) in [6.07, 6.45) is -6.76. The molecule has 3 amide bonds. The van der Waals surface area contributed by atoms with Crippen LogP contribution in [-0.4, -0.2) is 68.5 Å². The molecule has 224 valence electrons. The Morgan fingerprint density at radius 2 is 1.78 bits per heavy atom. The summed E-state index contributed by atoms with van der Waals surface area (Å²) >= 11 is 6.29. The van der Waals surface area contributed by atoms with Crippen molar-refractivity contribution in [3.63, 3.8) is 0 Å². The number of carbonyl (C=O) groups excluding carboxylic acids is 3. The van der Waals surface area contributed by atoms with Crippen LogP contribution >= 0.6 is 11.6 Å². The van der Waals surface area contributed by atoms with E-state index in [0.717, 1.165) is 17.0 Å². The van der Waals surface area contributed by atoms with Gasteiger partial charge in [0.15, 0.2) is 6.10 Å². The number of halogens is 4. The predicted molar refractivity (Wildman–Crippen MR) is 148 cm³/mol. The minimum absolute atomic E-state index is 0.0469. The smallest absolute Gasteiger partial charge is 0.416 e. The second-order valence-corrected chi connectivity index (χ2v) is 12.1. The molecule has 0 bridgehead atoms. The summed E-state index contributed by atoms with van der Waals surface area (Å²) in [5.74, 6) is -2.25. The quantitative estimate of drug-likeness (QED) is 0.362. The average molecular weight is 598 g/mol. The number of phenolic OH excluding ortho intramolecular Hbond substituents is 1. The molecule has 0 unspecified atom stereocenters. The van der Waals surface area contributed by atoms with Gasteiger partial charge in [-0.15, -0.1) is 11.6 Å². The summed E-state index contributed by atoms with van der Waals surface area (Å²) in [7, 11) is 0. The number of carbonyl (C=O) groups is 3. The first kappa shape index (κ1) is 32.2. The van der Waals surface area contributed by atoms with Gasteiger partial charge >= 0.3 is 6.18 Å². The van der Waals surface area contributed by atoms with Crippen molar-refractivity contribution in [2.75, 3.05) is 6.54 Å². The molecule has 2 aromatic carbocycles. The van der Waals surface area contributed by atoms with Crippen LogP contribution in [0.15, 0.2) is 36.4 Å². The molecule has 1 aliphatic heterocycles. The maximum Gasteiger partial charge on any atom is 0.416 e. The van der Waals surface area contributed by atoms with E-state index in [1.54, 1.807) is 27.7 Å². The Balaban J connectivity index is 1.95. The van der Waals surface area contributed by atoms with E-state index in [-0.39, 0.29) is 41.8 Å². The van der Waals surface area contributed by atoms with Gasteiger partial charge in [0.25, 0.3) is 11.8 Å². The van der Waals surface area contributed by atoms with Crippen molar-refractivity contribution in [3.8, 4) is 5.75 Å². The number of likely N-dealkylation sites (tertiary alicyclic amines) is 1. The van der Waals surface area contributed by atoms with Crippen LogP contribution in [0.1, 0.15) is 59.8 Å². The molecule has 8 nitrogen and oxygen atoms in total. The number of amides is 3. The Bertz CT molecular complexity index is 1310. The predicted octanol–water partition coefficient (Wildman–Crippen LogP) is 3.85. The van der Waals surface area contributed by atoms with Crippen LogP contribution in [0.3, 0.4) is 0 Å². The van der Waals surface area contributed by atoms with E-state index in [0.29, 0.717) is 5.56 Å². The van der Waals surface area contributed by atoms with Crippen LogP contribution in [0.2, 0.25) is 0 Å². The van der Waals surface area contributed by atoms with Crippen LogP contribution in [-0.2, 0) is 22.2 Å². The number of nitrogens with one attached hydrogen (secondary N) is 2. The summed E-state index contributed by atoms with van der Waals surface area (Å²) in [6.45, 7) is 8.43. The molecule has 0 radical (unpaired) electrons. The molecule has 0 aromatic heterocycles. The third-order valence-electron chi connectivity index (χ3n) is 6.76. The highest BCUT2D eigenvalue weighted by Crippen LogP contribution is 2.30. The summed E-state index contributed by atoms with van der Waals surface area (Å²) in [5.41, 5.74) is -0.534. The molecule has 0 spiro atoms. The first-order valence-electron chi connectivity index (χ1n) is 13.1. The largest absolute Gasteiger partial charge is 0.508 e. The molecule has 41 heavy (non-hydrogen) atoms. The second kappa shape index (κ2) is 12.3. The highest BCUT2D eigenvalue weighted by atomic mass is 35.5. The summed E-state index contributed by atoms with van der Waals surface area (Å²) < 4.78 is 40.1. The first-order valence-corrected chi connectivity index (χ1v) is 13.5. The molecular formula is C29H35ClF3N3O5. The summed E-state index contributed by atoms with van der Waals surface area (Å²) in [6, 6.07) is 4.94. The van der Waals surface area contributed by atoms with Gasteiger partial charge in [0, 0.05) is 23.2 Å². The molecule has 4 N–H and O–H groups in total. The number of hydrogen-bond acceptors (Lipinski definition) is 5. The van der Waals surface area contributed by atoms with E-state index in [1.165, 1.54) is 31.2 Å². The summed E-state index contributed by atoms with van der Waals surface area (Å²) in [4.78, 5) is 41.0. The Kier molecular flexibility index (Phi) is 9.65. The number of aliphatic hydroxyl groups excluding tert-OH is 1. The van der Waals surface area contributed by atoms with Gasteiger partial charge in [-0.3, -0.25) is 14.4 Å². The first-order chi connectivity index (χ1) is 18.9. The maximum atomic E-state index is 13.6. The van der Waals surface area contributed by atoms with Crippen molar-refractivity contribution < 1.29 is 37.8 Å². The van der Waals surface area contributed by atoms with Gasteiger partial charge in [-0.1, -0.05) is 18.2 Å². The van der Waals surface area contributed by atoms with Gasteiger partial charge in [0.05, 0.1) is 17.0 Å². The van der Waals surface area contributed by atoms with Crippen LogP contribution in [0.4, 0.5) is 13.2 Å². The van der Waals surface area contributed by atoms with E-state index < -0.39 is 58.6 Å². The zero-order valence-electron chi connectivity index (χ0n) is 23.5. The third kappa shape index (κ3) is 8.13. The van der Waals surface area contributed by atoms with Crippen LogP contribution < -0.4 is 10.6 Å². The zero-order valence-corrected chi connectivity index (χ0v) is 24.2. The van der Waals surface area contributed by atoms with Gasteiger partial charge in [-0.05, 0) is 76.8 Å². The molecule has 1 fully saturated rings. The Morgan fingerprint density at radius 3 is 2.39 bits per heavy atom. The monoisotopic (exact) mass is 597 g/mol. The van der Waals surface area contributed by atoms with Crippen LogP contribution in [0, 0.1) is 13.8 Å². The number of hydrogen-bond donors (Lipinski definition) is 4. The Morgan fingerprint density at radius 1 is 1.12 bits per heavy atom. The summed E-state index contributed by atoms with van der Waals surface area (Å²) in [5, 5.41) is 26.2. The third-order valence-corrected chi connectivity index (χ3v) is 7.08. The van der Waals surface area contributed by atoms with Crippen molar-refractivity contribution in [1.82, 2.24) is 15.5 Å². The molecule has 1 saturated heterocycles. The second-order valence-electron chi connectivity index (χ2n) is 11.5. The van der Waals surface area contributed by atoms with Gasteiger partial charge in [0.2, 0.25) is 5.91 Å². The standard InChI is InChI=1S/C29H35ClF3N3O5/c1-15-9-20(16(2)23(37)10-15)25(39)34-21(12-17-7-6-8-18(11-17)29(31,32)33)24(38)27(41)36-14-19(30)13-22(36)26(40)35-28(3,4)5/h6-11,19,21-22,24,37-38H,12-14H2,1-5H3,(H,34,39)(H,35,40)/t19-,21-,22-,24-/m0/s1. The highest BCUT2D eigenvalue weighted by molar-refractivity contribution is 6.21. The van der Waals surface area contributed by atoms with Gasteiger partial charge < -0.3 is 25.7 Å². The zero-order chi connectivity index (χ0) is 30.9. The number of nitrogens with zero attached hydrogens (tertiary/aromatic N) is 1. The van der Waals surface area contributed by atoms with Crippen molar-refractivity contribution in [2.24, 2.45) is 0 Å². The number of phenols is 1. The van der Waals surface area contributed by atoms with Crippen molar-refractivity contribution in [1.29, 1.82) is 0 Å². The SMILES string of the molecule is Cc1cc(O)c(C)c(C(=O)N[C@@H](Cc2cccc(C(F)(F)F)c2)[C@H](O)C(=O)N2C[C@@H](Cl)C[C@H]2C(=O)NC(C)(C)C)c1. The Labute approximate surface area is 241 Å². The van der Waals surface area contributed by atoms with Crippen molar-refractivity contribution in [3.05, 3.63) is 64.2 Å². The number of aryl methyl sites for hydroxylation is 1. The fourth-order valence-corrected chi connectivity index (χ4v) is 5.08. The minimum Gasteiger partial charge on any atom is -0.508 e. The highest BCUT2D eigenvalue weighted by Gasteiger charge is 2.43. The molecule has 1 aliphatic rings. The van der Waals surface area contributed by atoms with Crippen LogP contribution in [0.25, 0.3) is 0 Å². The normalized spacial score (nSPS) is 19.0. The molecule has 2 aromatic rings. The minimum atomic E-state index is -4.63. The number of rotatable bonds is 7. The molecule has 12 heteroatoms. The van der Waals surface area contributed by atoms with Crippen molar-refractivity contribution >= 4 is 29.3 Å². The number of aliphatic hydroxyl groups is 1. The van der Waals surface area contributed by atoms with Crippen molar-refractivity contribution in [2.45, 2.75) is 82.7 Å². The molecular weight excluding hydrogens is 563 g/mol. The van der Waals surface area contributed by atoms with E-state index >= 15 is 0 Å². The lowest BCUT2D eigenvalue weighted by molar-refractivity contribution is -0.146. The molecule has 0 saturated carbocycles. The molecule has 0 aliphatic carbocycles. The van der Waals surface area contributed by atoms with E-state index in [2.05, 4.69) is 10.6 Å². The van der Waals surface area contributed by atoms with Crippen LogP contribution in [0.5, 0.6) is 5.75 Å². The number of benzene rings is 2. The average Bonchev–Trinajstić information content (AvgIpc) is 3.25. The maximum absolute atomic E-state index is 13.6. The molecule has 4 atom stereocenters. The lowest BCUT2D eigenvalue weighted by atomic mass is 9.97.